The molecule has 2 aliphatic heterocycles. The zero-order valence-electron chi connectivity index (χ0n) is 11.7. The van der Waals surface area contributed by atoms with Crippen molar-refractivity contribution in [1.82, 2.24) is 0 Å². The number of amides is 4. The van der Waals surface area contributed by atoms with Crippen molar-refractivity contribution >= 4 is 41.0 Å². The van der Waals surface area contributed by atoms with Gasteiger partial charge in [-0.2, -0.15) is 0 Å². The molecular formula is C15H10N2O6. The summed E-state index contributed by atoms with van der Waals surface area (Å²) in [5, 5.41) is 9.09. The summed E-state index contributed by atoms with van der Waals surface area (Å²) < 4.78 is 0. The van der Waals surface area contributed by atoms with E-state index >= 15 is 0 Å². The average molecular weight is 314 g/mol. The van der Waals surface area contributed by atoms with Gasteiger partial charge in [0.1, 0.15) is 0 Å². The van der Waals surface area contributed by atoms with Crippen molar-refractivity contribution in [1.29, 1.82) is 0 Å². The van der Waals surface area contributed by atoms with E-state index in [4.69, 9.17) is 5.11 Å². The first-order chi connectivity index (χ1) is 10.9. The van der Waals surface area contributed by atoms with E-state index in [2.05, 4.69) is 0 Å². The van der Waals surface area contributed by atoms with E-state index in [1.54, 1.807) is 0 Å². The molecule has 0 aromatic heterocycles. The van der Waals surface area contributed by atoms with Crippen LogP contribution in [0.2, 0.25) is 0 Å². The van der Waals surface area contributed by atoms with E-state index in [1.165, 1.54) is 12.1 Å². The Bertz CT molecular complexity index is 776. The van der Waals surface area contributed by atoms with Crippen molar-refractivity contribution in [2.45, 2.75) is 12.8 Å². The predicted molar refractivity (Wildman–Crippen MR) is 76.8 cm³/mol. The van der Waals surface area contributed by atoms with Gasteiger partial charge in [-0.25, -0.2) is 14.6 Å². The largest absolute Gasteiger partial charge is 0.478 e. The molecule has 0 radical (unpaired) electrons. The highest BCUT2D eigenvalue weighted by atomic mass is 16.4. The van der Waals surface area contributed by atoms with Gasteiger partial charge in [0.05, 0.1) is 16.9 Å². The third-order valence-electron chi connectivity index (χ3n) is 3.56. The van der Waals surface area contributed by atoms with Crippen LogP contribution in [-0.4, -0.2) is 34.7 Å². The topological polar surface area (TPSA) is 112 Å². The first kappa shape index (κ1) is 14.6. The van der Waals surface area contributed by atoms with Crippen molar-refractivity contribution in [3.63, 3.8) is 0 Å². The van der Waals surface area contributed by atoms with Gasteiger partial charge in [-0.3, -0.25) is 19.2 Å². The standard InChI is InChI=1S/C15H10N2O6/c18-11-3-4-12(19)16(11)9-2-1-8(15(22)23)7-10(9)17-13(20)5-6-14(17)21/h1-2,5-7H,3-4H2,(H,22,23). The number of carbonyl (C=O) groups is 5. The summed E-state index contributed by atoms with van der Waals surface area (Å²) in [6, 6.07) is 3.55. The summed E-state index contributed by atoms with van der Waals surface area (Å²) in [6.45, 7) is 0. The monoisotopic (exact) mass is 314 g/mol. The molecule has 2 aliphatic rings. The maximum atomic E-state index is 11.9. The molecule has 4 amide bonds. The summed E-state index contributed by atoms with van der Waals surface area (Å²) in [6.07, 6.45) is 2.12. The lowest BCUT2D eigenvalue weighted by Crippen LogP contribution is -2.35. The van der Waals surface area contributed by atoms with Gasteiger partial charge in [0.2, 0.25) is 11.8 Å². The zero-order chi connectivity index (χ0) is 16.7. The number of nitrogens with zero attached hydrogens (tertiary/aromatic N) is 2. The van der Waals surface area contributed by atoms with Crippen LogP contribution in [0.3, 0.4) is 0 Å². The zero-order valence-corrected chi connectivity index (χ0v) is 11.7. The first-order valence-corrected chi connectivity index (χ1v) is 6.69. The summed E-state index contributed by atoms with van der Waals surface area (Å²) in [4.78, 5) is 60.3. The van der Waals surface area contributed by atoms with Gasteiger partial charge in [0.25, 0.3) is 11.8 Å². The van der Waals surface area contributed by atoms with Gasteiger partial charge < -0.3 is 5.11 Å². The second-order valence-corrected chi connectivity index (χ2v) is 4.98. The van der Waals surface area contributed by atoms with Crippen molar-refractivity contribution in [2.75, 3.05) is 9.80 Å². The van der Waals surface area contributed by atoms with E-state index in [-0.39, 0.29) is 29.8 Å². The molecule has 0 aliphatic carbocycles. The van der Waals surface area contributed by atoms with Crippen LogP contribution in [0, 0.1) is 0 Å². The fourth-order valence-electron chi connectivity index (χ4n) is 2.51. The fourth-order valence-corrected chi connectivity index (χ4v) is 2.51. The Balaban J connectivity index is 2.18. The Kier molecular flexibility index (Phi) is 3.29. The van der Waals surface area contributed by atoms with E-state index in [9.17, 15) is 24.0 Å². The number of carbonyl (C=O) groups excluding carboxylic acids is 4. The van der Waals surface area contributed by atoms with Gasteiger partial charge >= 0.3 is 5.97 Å². The van der Waals surface area contributed by atoms with E-state index in [1.807, 2.05) is 0 Å². The quantitative estimate of drug-likeness (QED) is 0.811. The van der Waals surface area contributed by atoms with Crippen LogP contribution in [0.4, 0.5) is 11.4 Å². The molecule has 1 aromatic carbocycles. The Morgan fingerprint density at radius 2 is 1.43 bits per heavy atom. The van der Waals surface area contributed by atoms with Crippen molar-refractivity contribution < 1.29 is 29.1 Å². The summed E-state index contributed by atoms with van der Waals surface area (Å²) in [7, 11) is 0. The van der Waals surface area contributed by atoms with Crippen LogP contribution in [0.15, 0.2) is 30.4 Å². The minimum Gasteiger partial charge on any atom is -0.478 e. The van der Waals surface area contributed by atoms with E-state index in [0.29, 0.717) is 0 Å². The Hall–Kier alpha value is -3.29. The van der Waals surface area contributed by atoms with Gasteiger partial charge in [-0.05, 0) is 18.2 Å². The molecule has 0 atom stereocenters. The number of carboxylic acids is 1. The molecule has 1 saturated heterocycles. The van der Waals surface area contributed by atoms with Gasteiger partial charge in [-0.1, -0.05) is 0 Å². The Morgan fingerprint density at radius 1 is 0.870 bits per heavy atom. The van der Waals surface area contributed by atoms with Gasteiger partial charge in [0.15, 0.2) is 0 Å². The molecular weight excluding hydrogens is 304 g/mol. The number of carboxylic acid groups (broad SMARTS) is 1. The summed E-state index contributed by atoms with van der Waals surface area (Å²) in [5.41, 5.74) is -0.253. The van der Waals surface area contributed by atoms with Crippen LogP contribution in [0.1, 0.15) is 23.2 Å². The molecule has 116 valence electrons. The number of rotatable bonds is 3. The highest BCUT2D eigenvalue weighted by molar-refractivity contribution is 6.31. The van der Waals surface area contributed by atoms with Gasteiger partial charge in [-0.15, -0.1) is 0 Å². The normalized spacial score (nSPS) is 17.6. The molecule has 1 aromatic rings. The number of aromatic carboxylic acids is 1. The number of hydrogen-bond acceptors (Lipinski definition) is 5. The van der Waals surface area contributed by atoms with E-state index < -0.39 is 29.6 Å². The molecule has 0 unspecified atom stereocenters. The molecule has 23 heavy (non-hydrogen) atoms. The molecule has 8 nitrogen and oxygen atoms in total. The lowest BCUT2D eigenvalue weighted by Gasteiger charge is -2.23. The fraction of sp³-hybridized carbons (Fsp3) is 0.133. The molecule has 0 spiro atoms. The Morgan fingerprint density at radius 3 is 1.96 bits per heavy atom. The van der Waals surface area contributed by atoms with E-state index in [0.717, 1.165) is 28.0 Å². The summed E-state index contributed by atoms with van der Waals surface area (Å²) in [5.74, 6) is -3.53. The lowest BCUT2D eigenvalue weighted by molar-refractivity contribution is -0.122. The van der Waals surface area contributed by atoms with Crippen LogP contribution in [0.25, 0.3) is 0 Å². The number of hydrogen-bond donors (Lipinski definition) is 1. The molecule has 0 bridgehead atoms. The minimum atomic E-state index is -1.26. The molecule has 3 rings (SSSR count). The Labute approximate surface area is 129 Å². The van der Waals surface area contributed by atoms with Crippen LogP contribution < -0.4 is 9.80 Å². The predicted octanol–water partition coefficient (Wildman–Crippen LogP) is 0.468. The van der Waals surface area contributed by atoms with Crippen molar-refractivity contribution in [3.8, 4) is 0 Å². The average Bonchev–Trinajstić information content (AvgIpc) is 3.01. The minimum absolute atomic E-state index is 0.0212. The molecule has 1 fully saturated rings. The highest BCUT2D eigenvalue weighted by Crippen LogP contribution is 2.35. The second-order valence-electron chi connectivity index (χ2n) is 4.98. The highest BCUT2D eigenvalue weighted by Gasteiger charge is 2.36. The number of anilines is 2. The molecule has 2 heterocycles. The molecule has 1 N–H and O–H groups in total. The first-order valence-electron chi connectivity index (χ1n) is 6.69. The SMILES string of the molecule is O=C(O)c1ccc(N2C(=O)CCC2=O)c(N2C(=O)C=CC2=O)c1. The lowest BCUT2D eigenvalue weighted by atomic mass is 10.1. The molecule has 8 heteroatoms. The van der Waals surface area contributed by atoms with Crippen LogP contribution >= 0.6 is 0 Å². The third kappa shape index (κ3) is 2.30. The number of benzene rings is 1. The van der Waals surface area contributed by atoms with Crippen molar-refractivity contribution in [2.24, 2.45) is 0 Å². The van der Waals surface area contributed by atoms with Gasteiger partial charge in [0, 0.05) is 25.0 Å². The second kappa shape index (κ2) is 5.16. The third-order valence-corrected chi connectivity index (χ3v) is 3.56. The number of imide groups is 2. The van der Waals surface area contributed by atoms with Crippen LogP contribution in [-0.2, 0) is 19.2 Å². The van der Waals surface area contributed by atoms with Crippen LogP contribution in [0.5, 0.6) is 0 Å². The maximum absolute atomic E-state index is 11.9. The summed E-state index contributed by atoms with van der Waals surface area (Å²) >= 11 is 0. The van der Waals surface area contributed by atoms with Crippen molar-refractivity contribution in [3.05, 3.63) is 35.9 Å². The molecule has 0 saturated carbocycles. The smallest absolute Gasteiger partial charge is 0.335 e. The maximum Gasteiger partial charge on any atom is 0.335 e.